The fraction of sp³-hybridized carbons (Fsp3) is 0.429. The number of hydrogen-bond donors (Lipinski definition) is 0. The van der Waals surface area contributed by atoms with Gasteiger partial charge in [0, 0.05) is 10.7 Å². The molecule has 0 N–H and O–H groups in total. The predicted octanol–water partition coefficient (Wildman–Crippen LogP) is 3.72. The molecule has 0 amide bonds. The number of ether oxygens (including phenoxy) is 1. The van der Waals surface area contributed by atoms with Crippen LogP contribution in [0.25, 0.3) is 0 Å². The Kier molecular flexibility index (Phi) is 4.21. The fourth-order valence-electron chi connectivity index (χ4n) is 2.20. The fourth-order valence-corrected chi connectivity index (χ4v) is 3.46. The van der Waals surface area contributed by atoms with Gasteiger partial charge in [0.2, 0.25) is 0 Å². The van der Waals surface area contributed by atoms with Crippen LogP contribution in [0.4, 0.5) is 0 Å². The van der Waals surface area contributed by atoms with E-state index >= 15 is 0 Å². The number of halogens is 1. The van der Waals surface area contributed by atoms with Crippen LogP contribution in [-0.4, -0.2) is 14.5 Å². The summed E-state index contributed by atoms with van der Waals surface area (Å²) in [6.07, 6.45) is 7.46. The maximum absolute atomic E-state index is 11.4. The predicted molar refractivity (Wildman–Crippen MR) is 76.4 cm³/mol. The van der Waals surface area contributed by atoms with Gasteiger partial charge in [-0.25, -0.2) is 8.42 Å². The van der Waals surface area contributed by atoms with Crippen molar-refractivity contribution in [1.82, 2.24) is 0 Å². The van der Waals surface area contributed by atoms with Crippen molar-refractivity contribution in [3.8, 4) is 5.75 Å². The van der Waals surface area contributed by atoms with Crippen LogP contribution < -0.4 is 4.74 Å². The molecule has 0 saturated heterocycles. The van der Waals surface area contributed by atoms with Crippen LogP contribution >= 0.6 is 10.7 Å². The summed E-state index contributed by atoms with van der Waals surface area (Å²) in [6.45, 7) is 3.55. The van der Waals surface area contributed by atoms with Gasteiger partial charge in [-0.1, -0.05) is 6.08 Å². The molecule has 1 unspecified atom stereocenters. The first kappa shape index (κ1) is 14.4. The van der Waals surface area contributed by atoms with Crippen LogP contribution in [-0.2, 0) is 9.05 Å². The first-order valence-corrected chi connectivity index (χ1v) is 8.58. The van der Waals surface area contributed by atoms with Gasteiger partial charge in [0.1, 0.15) is 11.9 Å². The number of benzene rings is 1. The summed E-state index contributed by atoms with van der Waals surface area (Å²) in [4.78, 5) is 0.151. The van der Waals surface area contributed by atoms with Crippen molar-refractivity contribution in [3.63, 3.8) is 0 Å². The lowest BCUT2D eigenvalue weighted by atomic mass is 10.1. The Morgan fingerprint density at radius 2 is 2.00 bits per heavy atom. The zero-order valence-electron chi connectivity index (χ0n) is 11.0. The van der Waals surface area contributed by atoms with E-state index in [1.54, 1.807) is 19.1 Å². The second-order valence-electron chi connectivity index (χ2n) is 4.84. The molecule has 1 aliphatic carbocycles. The molecule has 0 aromatic heterocycles. The average molecular weight is 301 g/mol. The van der Waals surface area contributed by atoms with Gasteiger partial charge >= 0.3 is 0 Å². The van der Waals surface area contributed by atoms with Crippen molar-refractivity contribution >= 4 is 19.7 Å². The molecule has 1 aromatic rings. The van der Waals surface area contributed by atoms with Crippen LogP contribution in [0.15, 0.2) is 29.2 Å². The third kappa shape index (κ3) is 3.51. The van der Waals surface area contributed by atoms with E-state index in [4.69, 9.17) is 15.4 Å². The smallest absolute Gasteiger partial charge is 0.261 e. The summed E-state index contributed by atoms with van der Waals surface area (Å²) in [5.74, 6) is 0.720. The molecular formula is C14H17ClO3S. The first-order valence-electron chi connectivity index (χ1n) is 6.27. The van der Waals surface area contributed by atoms with E-state index in [1.807, 2.05) is 6.92 Å². The number of allylic oxidation sites excluding steroid dienone is 1. The molecule has 3 nitrogen and oxygen atoms in total. The Bertz CT molecular complexity index is 605. The summed E-state index contributed by atoms with van der Waals surface area (Å²) in [6, 6.07) is 3.31. The second kappa shape index (κ2) is 5.55. The molecule has 104 valence electrons. The number of aryl methyl sites for hydroxylation is 2. The zero-order chi connectivity index (χ0) is 14.0. The molecule has 0 heterocycles. The Hall–Kier alpha value is -1.00. The molecule has 1 aliphatic rings. The van der Waals surface area contributed by atoms with Crippen LogP contribution in [0.2, 0.25) is 0 Å². The normalized spacial score (nSPS) is 19.4. The average Bonchev–Trinajstić information content (AvgIpc) is 2.33. The highest BCUT2D eigenvalue weighted by atomic mass is 35.7. The SMILES string of the molecule is Cc1cc(S(=O)(=O)Cl)c(C)cc1OC1C=CCCC1. The van der Waals surface area contributed by atoms with E-state index in [0.29, 0.717) is 5.56 Å². The molecule has 0 radical (unpaired) electrons. The summed E-state index contributed by atoms with van der Waals surface area (Å²) < 4.78 is 28.8. The van der Waals surface area contributed by atoms with E-state index in [2.05, 4.69) is 12.2 Å². The van der Waals surface area contributed by atoms with Gasteiger partial charge in [-0.3, -0.25) is 0 Å². The van der Waals surface area contributed by atoms with Gasteiger partial charge in [-0.05, 0) is 62.4 Å². The molecule has 0 bridgehead atoms. The summed E-state index contributed by atoms with van der Waals surface area (Å²) in [5.41, 5.74) is 1.39. The molecule has 2 rings (SSSR count). The Balaban J connectivity index is 2.30. The van der Waals surface area contributed by atoms with Crippen molar-refractivity contribution in [1.29, 1.82) is 0 Å². The third-order valence-corrected chi connectivity index (χ3v) is 4.69. The van der Waals surface area contributed by atoms with E-state index < -0.39 is 9.05 Å². The number of rotatable bonds is 3. The maximum Gasteiger partial charge on any atom is 0.261 e. The van der Waals surface area contributed by atoms with Crippen molar-refractivity contribution < 1.29 is 13.2 Å². The van der Waals surface area contributed by atoms with Crippen molar-refractivity contribution in [3.05, 3.63) is 35.4 Å². The van der Waals surface area contributed by atoms with Crippen LogP contribution in [0, 0.1) is 13.8 Å². The maximum atomic E-state index is 11.4. The van der Waals surface area contributed by atoms with Crippen molar-refractivity contribution in [2.75, 3.05) is 0 Å². The van der Waals surface area contributed by atoms with E-state index in [1.165, 1.54) is 0 Å². The van der Waals surface area contributed by atoms with Crippen molar-refractivity contribution in [2.45, 2.75) is 44.1 Å². The van der Waals surface area contributed by atoms with E-state index in [9.17, 15) is 8.42 Å². The van der Waals surface area contributed by atoms with Gasteiger partial charge in [0.05, 0.1) is 4.90 Å². The van der Waals surface area contributed by atoms with Gasteiger partial charge < -0.3 is 4.74 Å². The molecular weight excluding hydrogens is 284 g/mol. The summed E-state index contributed by atoms with van der Waals surface area (Å²) >= 11 is 0. The highest BCUT2D eigenvalue weighted by Gasteiger charge is 2.17. The number of hydrogen-bond acceptors (Lipinski definition) is 3. The van der Waals surface area contributed by atoms with Gasteiger partial charge in [0.15, 0.2) is 0 Å². The zero-order valence-corrected chi connectivity index (χ0v) is 12.6. The lowest BCUT2D eigenvalue weighted by molar-refractivity contribution is 0.228. The monoisotopic (exact) mass is 300 g/mol. The lowest BCUT2D eigenvalue weighted by Crippen LogP contribution is -2.16. The molecule has 5 heteroatoms. The van der Waals surface area contributed by atoms with Crippen LogP contribution in [0.5, 0.6) is 5.75 Å². The molecule has 19 heavy (non-hydrogen) atoms. The minimum atomic E-state index is -3.70. The van der Waals surface area contributed by atoms with Gasteiger partial charge in [-0.15, -0.1) is 0 Å². The lowest BCUT2D eigenvalue weighted by Gasteiger charge is -2.20. The molecule has 0 saturated carbocycles. The minimum Gasteiger partial charge on any atom is -0.486 e. The Morgan fingerprint density at radius 3 is 2.58 bits per heavy atom. The topological polar surface area (TPSA) is 43.4 Å². The third-order valence-electron chi connectivity index (χ3n) is 3.22. The van der Waals surface area contributed by atoms with E-state index in [-0.39, 0.29) is 11.0 Å². The molecule has 0 spiro atoms. The quantitative estimate of drug-likeness (QED) is 0.631. The molecule has 1 atom stereocenters. The largest absolute Gasteiger partial charge is 0.486 e. The molecule has 1 aromatic carbocycles. The highest BCUT2D eigenvalue weighted by Crippen LogP contribution is 2.29. The molecule has 0 aliphatic heterocycles. The van der Waals surface area contributed by atoms with Crippen molar-refractivity contribution in [2.24, 2.45) is 0 Å². The van der Waals surface area contributed by atoms with Crippen LogP contribution in [0.1, 0.15) is 30.4 Å². The Morgan fingerprint density at radius 1 is 1.26 bits per heavy atom. The second-order valence-corrected chi connectivity index (χ2v) is 7.37. The minimum absolute atomic E-state index is 0.0744. The Labute approximate surface area is 118 Å². The van der Waals surface area contributed by atoms with E-state index in [0.717, 1.165) is 30.6 Å². The summed E-state index contributed by atoms with van der Waals surface area (Å²) in [7, 11) is 1.70. The van der Waals surface area contributed by atoms with Crippen LogP contribution in [0.3, 0.4) is 0 Å². The molecule has 0 fully saturated rings. The summed E-state index contributed by atoms with van der Waals surface area (Å²) in [5, 5.41) is 0. The first-order chi connectivity index (χ1) is 8.88. The van der Waals surface area contributed by atoms with Gasteiger partial charge in [0.25, 0.3) is 9.05 Å². The standard InChI is InChI=1S/C14H17ClO3S/c1-10-9-14(19(15,16)17)11(2)8-13(10)18-12-6-4-3-5-7-12/h4,6,8-9,12H,3,5,7H2,1-2H3. The van der Waals surface area contributed by atoms with Gasteiger partial charge in [-0.2, -0.15) is 0 Å². The highest BCUT2D eigenvalue weighted by molar-refractivity contribution is 8.13.